The molecule has 0 bridgehead atoms. The van der Waals surface area contributed by atoms with E-state index in [4.69, 9.17) is 19.9 Å². The molecular formula is C50H32N6. The van der Waals surface area contributed by atoms with Gasteiger partial charge in [0.25, 0.3) is 0 Å². The molecule has 6 heteroatoms. The van der Waals surface area contributed by atoms with Crippen LogP contribution >= 0.6 is 0 Å². The van der Waals surface area contributed by atoms with Crippen molar-refractivity contribution in [3.63, 3.8) is 0 Å². The van der Waals surface area contributed by atoms with Gasteiger partial charge in [-0.2, -0.15) is 9.97 Å². The van der Waals surface area contributed by atoms with E-state index < -0.39 is 0 Å². The summed E-state index contributed by atoms with van der Waals surface area (Å²) in [5.41, 5.74) is 12.2. The number of rotatable bonds is 6. The van der Waals surface area contributed by atoms with Crippen LogP contribution in [0.2, 0.25) is 0 Å². The molecule has 0 saturated heterocycles. The lowest BCUT2D eigenvalue weighted by Crippen LogP contribution is -2.08. The second kappa shape index (κ2) is 13.0. The second-order valence-electron chi connectivity index (χ2n) is 13.9. The topological polar surface area (TPSA) is 61.4 Å². The molecule has 7 aromatic carbocycles. The molecule has 0 spiro atoms. The summed E-state index contributed by atoms with van der Waals surface area (Å²) in [6.07, 6.45) is 1.86. The fraction of sp³-hybridized carbons (Fsp3) is 0. The quantitative estimate of drug-likeness (QED) is 0.172. The van der Waals surface area contributed by atoms with Gasteiger partial charge in [0.1, 0.15) is 0 Å². The van der Waals surface area contributed by atoms with Gasteiger partial charge >= 0.3 is 0 Å². The van der Waals surface area contributed by atoms with Gasteiger partial charge in [-0.05, 0) is 82.9 Å². The first-order valence-corrected chi connectivity index (χ1v) is 18.7. The van der Waals surface area contributed by atoms with E-state index in [1.165, 1.54) is 0 Å². The number of hydrogen-bond acceptors (Lipinski definition) is 4. The molecule has 0 N–H and O–H groups in total. The molecule has 11 aromatic rings. The zero-order valence-electron chi connectivity index (χ0n) is 30.2. The molecule has 0 aliphatic heterocycles. The Balaban J connectivity index is 1.22. The third kappa shape index (κ3) is 5.19. The van der Waals surface area contributed by atoms with Crippen molar-refractivity contribution < 1.29 is 0 Å². The minimum Gasteiger partial charge on any atom is -0.307 e. The highest BCUT2D eigenvalue weighted by atomic mass is 15.2. The van der Waals surface area contributed by atoms with Crippen molar-refractivity contribution in [3.8, 4) is 56.7 Å². The largest absolute Gasteiger partial charge is 0.307 e. The minimum absolute atomic E-state index is 0.549. The Kier molecular flexibility index (Phi) is 7.38. The highest BCUT2D eigenvalue weighted by molar-refractivity contribution is 6.09. The molecule has 11 rings (SSSR count). The lowest BCUT2D eigenvalue weighted by molar-refractivity contribution is 0.952. The van der Waals surface area contributed by atoms with Crippen LogP contribution in [0.15, 0.2) is 194 Å². The monoisotopic (exact) mass is 716 g/mol. The number of pyridine rings is 1. The first kappa shape index (κ1) is 31.8. The molecule has 262 valence electrons. The fourth-order valence-electron chi connectivity index (χ4n) is 8.10. The van der Waals surface area contributed by atoms with Crippen LogP contribution in [0, 0.1) is 0 Å². The highest BCUT2D eigenvalue weighted by Gasteiger charge is 2.22. The lowest BCUT2D eigenvalue weighted by Gasteiger charge is -2.16. The van der Waals surface area contributed by atoms with Gasteiger partial charge in [-0.3, -0.25) is 9.55 Å². The van der Waals surface area contributed by atoms with Crippen LogP contribution in [0.3, 0.4) is 0 Å². The molecule has 6 nitrogen and oxygen atoms in total. The normalized spacial score (nSPS) is 11.6. The summed E-state index contributed by atoms with van der Waals surface area (Å²) in [5.74, 6) is 1.71. The van der Waals surface area contributed by atoms with Gasteiger partial charge in [0.05, 0.1) is 33.3 Å². The maximum Gasteiger partial charge on any atom is 0.238 e. The SMILES string of the molecule is c1ccc(-c2cc(-c3ccccc3)cc(-c3nc(-c4ccccc4-n4c5ccccc5c5ncccc54)nc(-n4c5ccccc5c5ccccc54)n3)c2)cc1. The lowest BCUT2D eigenvalue weighted by atomic mass is 9.96. The van der Waals surface area contributed by atoms with Crippen LogP contribution in [0.1, 0.15) is 0 Å². The standard InChI is InChI=1S/C50H32N6/c1-3-16-33(17-4-1)35-30-36(34-18-5-2-6-19-34)32-37(31-35)48-52-49(54-50(53-48)56-42-24-11-7-20-38(42)39-21-8-12-25-43(39)56)41-23-10-14-27-45(41)55-44-26-13-9-22-40(44)47-46(55)28-15-29-51-47/h1-32H. The predicted octanol–water partition coefficient (Wildman–Crippen LogP) is 12.1. The van der Waals surface area contributed by atoms with Crippen molar-refractivity contribution in [2.75, 3.05) is 0 Å². The van der Waals surface area contributed by atoms with Crippen LogP contribution in [-0.4, -0.2) is 29.1 Å². The van der Waals surface area contributed by atoms with E-state index in [1.807, 2.05) is 24.4 Å². The molecule has 0 unspecified atom stereocenters. The van der Waals surface area contributed by atoms with E-state index >= 15 is 0 Å². The minimum atomic E-state index is 0.549. The van der Waals surface area contributed by atoms with Gasteiger partial charge in [-0.1, -0.05) is 127 Å². The molecule has 0 aliphatic rings. The molecule has 0 aliphatic carbocycles. The van der Waals surface area contributed by atoms with Crippen LogP contribution in [0.5, 0.6) is 0 Å². The number of aromatic nitrogens is 6. The number of hydrogen-bond donors (Lipinski definition) is 0. The average Bonchev–Trinajstić information content (AvgIpc) is 3.80. The third-order valence-electron chi connectivity index (χ3n) is 10.6. The Bertz CT molecular complexity index is 3090. The summed E-state index contributed by atoms with van der Waals surface area (Å²) in [4.78, 5) is 20.9. The van der Waals surface area contributed by atoms with E-state index in [0.717, 1.165) is 82.8 Å². The van der Waals surface area contributed by atoms with Crippen molar-refractivity contribution >= 4 is 43.7 Å². The molecule has 0 saturated carbocycles. The smallest absolute Gasteiger partial charge is 0.238 e. The molecule has 0 fully saturated rings. The molecule has 56 heavy (non-hydrogen) atoms. The Morgan fingerprint density at radius 3 is 1.50 bits per heavy atom. The second-order valence-corrected chi connectivity index (χ2v) is 13.9. The zero-order valence-corrected chi connectivity index (χ0v) is 30.2. The van der Waals surface area contributed by atoms with Gasteiger partial charge in [0.2, 0.25) is 5.95 Å². The number of nitrogens with zero attached hydrogens (tertiary/aromatic N) is 6. The van der Waals surface area contributed by atoms with Crippen LogP contribution in [0.4, 0.5) is 0 Å². The predicted molar refractivity (Wildman–Crippen MR) is 228 cm³/mol. The van der Waals surface area contributed by atoms with Crippen molar-refractivity contribution in [1.29, 1.82) is 0 Å². The highest BCUT2D eigenvalue weighted by Crippen LogP contribution is 2.38. The Morgan fingerprint density at radius 1 is 0.339 bits per heavy atom. The van der Waals surface area contributed by atoms with Crippen molar-refractivity contribution in [2.24, 2.45) is 0 Å². The molecule has 4 aromatic heterocycles. The van der Waals surface area contributed by atoms with Crippen molar-refractivity contribution in [2.45, 2.75) is 0 Å². The molecular weight excluding hydrogens is 685 g/mol. The van der Waals surface area contributed by atoms with E-state index in [0.29, 0.717) is 17.6 Å². The van der Waals surface area contributed by atoms with Gasteiger partial charge in [0.15, 0.2) is 11.6 Å². The van der Waals surface area contributed by atoms with E-state index in [9.17, 15) is 0 Å². The number of para-hydroxylation sites is 4. The van der Waals surface area contributed by atoms with Crippen LogP contribution in [0.25, 0.3) is 100 Å². The molecule has 0 amide bonds. The zero-order chi connectivity index (χ0) is 37.0. The van der Waals surface area contributed by atoms with Crippen molar-refractivity contribution in [1.82, 2.24) is 29.1 Å². The Hall–Kier alpha value is -7.70. The summed E-state index contributed by atoms with van der Waals surface area (Å²) in [6.45, 7) is 0. The maximum absolute atomic E-state index is 5.38. The van der Waals surface area contributed by atoms with E-state index in [2.05, 4.69) is 179 Å². The summed E-state index contributed by atoms with van der Waals surface area (Å²) >= 11 is 0. The summed E-state index contributed by atoms with van der Waals surface area (Å²) in [5, 5.41) is 3.37. The van der Waals surface area contributed by atoms with Gasteiger partial charge in [-0.15, -0.1) is 0 Å². The van der Waals surface area contributed by atoms with Crippen molar-refractivity contribution in [3.05, 3.63) is 194 Å². The van der Waals surface area contributed by atoms with Gasteiger partial charge in [0, 0.05) is 33.5 Å². The molecule has 0 atom stereocenters. The van der Waals surface area contributed by atoms with Gasteiger partial charge < -0.3 is 4.57 Å². The first-order valence-electron chi connectivity index (χ1n) is 18.7. The first-order chi connectivity index (χ1) is 27.8. The third-order valence-corrected chi connectivity index (χ3v) is 10.6. The van der Waals surface area contributed by atoms with Crippen LogP contribution in [-0.2, 0) is 0 Å². The van der Waals surface area contributed by atoms with E-state index in [1.54, 1.807) is 0 Å². The van der Waals surface area contributed by atoms with Gasteiger partial charge in [-0.25, -0.2) is 4.98 Å². The molecule has 4 heterocycles. The number of benzene rings is 7. The van der Waals surface area contributed by atoms with E-state index in [-0.39, 0.29) is 0 Å². The summed E-state index contributed by atoms with van der Waals surface area (Å²) < 4.78 is 4.45. The molecule has 0 radical (unpaired) electrons. The maximum atomic E-state index is 5.38. The van der Waals surface area contributed by atoms with Crippen LogP contribution < -0.4 is 0 Å². The fourth-order valence-corrected chi connectivity index (χ4v) is 8.10. The average molecular weight is 717 g/mol. The Labute approximate surface area is 322 Å². The number of fused-ring (bicyclic) bond motifs is 6. The Morgan fingerprint density at radius 2 is 0.839 bits per heavy atom. The summed E-state index contributed by atoms with van der Waals surface area (Å²) in [7, 11) is 0. The summed E-state index contributed by atoms with van der Waals surface area (Å²) in [6, 6.07) is 65.5.